The molecule has 0 radical (unpaired) electrons. The fourth-order valence-electron chi connectivity index (χ4n) is 5.33. The van der Waals surface area contributed by atoms with Crippen LogP contribution in [0.25, 0.3) is 0 Å². The molecule has 12 heteroatoms. The van der Waals surface area contributed by atoms with Gasteiger partial charge < -0.3 is 24.4 Å². The van der Waals surface area contributed by atoms with E-state index in [-0.39, 0.29) is 29.3 Å². The molecular weight excluding hydrogens is 678 g/mol. The number of hydrogen-bond donors (Lipinski definition) is 1. The third-order valence-corrected chi connectivity index (χ3v) is 9.86. The number of ether oxygens (including phenoxy) is 3. The van der Waals surface area contributed by atoms with Crippen molar-refractivity contribution in [2.24, 2.45) is 0 Å². The first-order valence-electron chi connectivity index (χ1n) is 16.1. The Kier molecular flexibility index (Phi) is 12.8. The van der Waals surface area contributed by atoms with Crippen molar-refractivity contribution < 1.29 is 32.2 Å². The summed E-state index contributed by atoms with van der Waals surface area (Å²) >= 11 is 6.59. The van der Waals surface area contributed by atoms with E-state index in [2.05, 4.69) is 5.32 Å². The van der Waals surface area contributed by atoms with Gasteiger partial charge in [-0.3, -0.25) is 13.9 Å². The van der Waals surface area contributed by atoms with Gasteiger partial charge in [0.25, 0.3) is 10.0 Å². The minimum atomic E-state index is -4.40. The van der Waals surface area contributed by atoms with Crippen LogP contribution in [0.5, 0.6) is 17.2 Å². The van der Waals surface area contributed by atoms with Crippen LogP contribution in [0.4, 0.5) is 5.69 Å². The van der Waals surface area contributed by atoms with Crippen molar-refractivity contribution in [1.82, 2.24) is 10.2 Å². The second-order valence-electron chi connectivity index (χ2n) is 12.5. The Labute approximate surface area is 300 Å². The van der Waals surface area contributed by atoms with Crippen LogP contribution in [0.15, 0.2) is 102 Å². The maximum Gasteiger partial charge on any atom is 0.264 e. The highest BCUT2D eigenvalue weighted by atomic mass is 35.5. The topological polar surface area (TPSA) is 114 Å². The molecule has 2 amide bonds. The quantitative estimate of drug-likeness (QED) is 0.149. The predicted octanol–water partition coefficient (Wildman–Crippen LogP) is 6.51. The number of nitrogens with one attached hydrogen (secondary N) is 1. The number of carbonyl (C=O) groups excluding carboxylic acids is 2. The van der Waals surface area contributed by atoms with Crippen LogP contribution in [0, 0.1) is 0 Å². The number of anilines is 1. The first-order chi connectivity index (χ1) is 23.8. The molecule has 0 aliphatic rings. The fraction of sp³-hybridized carbons (Fsp3) is 0.316. The largest absolute Gasteiger partial charge is 0.494 e. The normalized spacial score (nSPS) is 12.1. The molecule has 0 aliphatic carbocycles. The van der Waals surface area contributed by atoms with Gasteiger partial charge in [0.15, 0.2) is 11.5 Å². The zero-order chi connectivity index (χ0) is 36.5. The second-order valence-corrected chi connectivity index (χ2v) is 14.8. The highest BCUT2D eigenvalue weighted by Gasteiger charge is 2.36. The lowest BCUT2D eigenvalue weighted by atomic mass is 10.0. The Morgan fingerprint density at radius 2 is 1.50 bits per heavy atom. The van der Waals surface area contributed by atoms with Gasteiger partial charge in [0.2, 0.25) is 11.8 Å². The average Bonchev–Trinajstić information content (AvgIpc) is 3.09. The van der Waals surface area contributed by atoms with Crippen molar-refractivity contribution in [2.75, 3.05) is 31.7 Å². The molecule has 0 saturated heterocycles. The number of benzene rings is 4. The Morgan fingerprint density at radius 1 is 0.860 bits per heavy atom. The lowest BCUT2D eigenvalue weighted by Crippen LogP contribution is -2.56. The monoisotopic (exact) mass is 721 g/mol. The molecule has 0 unspecified atom stereocenters. The molecule has 0 aliphatic heterocycles. The molecule has 0 aromatic heterocycles. The summed E-state index contributed by atoms with van der Waals surface area (Å²) < 4.78 is 46.3. The summed E-state index contributed by atoms with van der Waals surface area (Å²) in [5.41, 5.74) is 1.02. The van der Waals surface area contributed by atoms with E-state index in [1.807, 2.05) is 58.0 Å². The number of halogens is 1. The van der Waals surface area contributed by atoms with Gasteiger partial charge in [0.05, 0.1) is 31.4 Å². The maximum atomic E-state index is 14.7. The summed E-state index contributed by atoms with van der Waals surface area (Å²) in [4.78, 5) is 30.1. The number of amides is 2. The number of hydrogen-bond acceptors (Lipinski definition) is 7. The number of methoxy groups -OCH3 is 2. The van der Waals surface area contributed by atoms with Crippen molar-refractivity contribution in [3.63, 3.8) is 0 Å². The highest BCUT2D eigenvalue weighted by Crippen LogP contribution is 2.33. The molecule has 50 heavy (non-hydrogen) atoms. The predicted molar refractivity (Wildman–Crippen MR) is 196 cm³/mol. The Balaban J connectivity index is 1.86. The van der Waals surface area contributed by atoms with E-state index in [0.717, 1.165) is 9.87 Å². The molecule has 0 saturated carbocycles. The molecule has 10 nitrogen and oxygen atoms in total. The van der Waals surface area contributed by atoms with Crippen LogP contribution in [-0.4, -0.2) is 64.1 Å². The minimum absolute atomic E-state index is 0.0545. The Bertz CT molecular complexity index is 1860. The van der Waals surface area contributed by atoms with E-state index in [4.69, 9.17) is 25.8 Å². The van der Waals surface area contributed by atoms with E-state index in [1.54, 1.807) is 48.5 Å². The minimum Gasteiger partial charge on any atom is -0.494 e. The molecule has 0 bridgehead atoms. The van der Waals surface area contributed by atoms with Gasteiger partial charge >= 0.3 is 0 Å². The molecule has 4 aromatic rings. The maximum absolute atomic E-state index is 14.7. The van der Waals surface area contributed by atoms with Crippen LogP contribution in [0.1, 0.15) is 38.8 Å². The molecule has 266 valence electrons. The van der Waals surface area contributed by atoms with Crippen LogP contribution < -0.4 is 23.8 Å². The summed E-state index contributed by atoms with van der Waals surface area (Å²) in [6, 6.07) is 26.0. The molecule has 4 rings (SSSR count). The SMILES string of the molecule is CCOc1ccc(N(CC(=O)N(Cc2ccccc2Cl)[C@H](Cc2ccccc2)C(=O)NC(C)(C)C)S(=O)(=O)c2ccc(OC)c(OC)c2)cc1. The number of sulfonamides is 1. The van der Waals surface area contributed by atoms with Gasteiger partial charge in [-0.15, -0.1) is 0 Å². The van der Waals surface area contributed by atoms with Gasteiger partial charge in [0, 0.05) is 29.6 Å². The molecule has 1 atom stereocenters. The first kappa shape index (κ1) is 38.1. The van der Waals surface area contributed by atoms with Crippen molar-refractivity contribution in [2.45, 2.75) is 57.1 Å². The zero-order valence-electron chi connectivity index (χ0n) is 29.2. The summed E-state index contributed by atoms with van der Waals surface area (Å²) in [5, 5.41) is 3.42. The average molecular weight is 722 g/mol. The highest BCUT2D eigenvalue weighted by molar-refractivity contribution is 7.92. The lowest BCUT2D eigenvalue weighted by molar-refractivity contribution is -0.140. The van der Waals surface area contributed by atoms with Gasteiger partial charge in [-0.25, -0.2) is 8.42 Å². The lowest BCUT2D eigenvalue weighted by Gasteiger charge is -2.35. The van der Waals surface area contributed by atoms with E-state index in [1.165, 1.54) is 37.3 Å². The Hall–Kier alpha value is -4.74. The van der Waals surface area contributed by atoms with Crippen LogP contribution in [0.3, 0.4) is 0 Å². The van der Waals surface area contributed by atoms with Gasteiger partial charge in [0.1, 0.15) is 18.3 Å². The van der Waals surface area contributed by atoms with Gasteiger partial charge in [-0.1, -0.05) is 60.1 Å². The molecule has 4 aromatic carbocycles. The summed E-state index contributed by atoms with van der Waals surface area (Å²) in [7, 11) is -1.54. The number of nitrogens with zero attached hydrogens (tertiary/aromatic N) is 2. The molecular formula is C38H44ClN3O7S. The van der Waals surface area contributed by atoms with E-state index >= 15 is 0 Å². The molecule has 0 spiro atoms. The molecule has 0 fully saturated rings. The fourth-order valence-corrected chi connectivity index (χ4v) is 6.95. The Morgan fingerprint density at radius 3 is 2.10 bits per heavy atom. The third-order valence-electron chi connectivity index (χ3n) is 7.73. The van der Waals surface area contributed by atoms with Gasteiger partial charge in [-0.05, 0) is 81.3 Å². The standard InChI is InChI=1S/C38H44ClN3O7S/c1-7-49-30-19-17-29(18-20-30)42(50(45,46)31-21-22-34(47-5)35(24-31)48-6)26-36(43)41(25-28-15-11-12-16-32(28)39)33(37(44)40-38(2,3)4)23-27-13-9-8-10-14-27/h8-22,24,33H,7,23,25-26H2,1-6H3,(H,40,44)/t33-/m1/s1. The number of rotatable bonds is 15. The van der Waals surface area contributed by atoms with E-state index < -0.39 is 40.0 Å². The summed E-state index contributed by atoms with van der Waals surface area (Å²) in [6.45, 7) is 7.14. The smallest absolute Gasteiger partial charge is 0.264 e. The van der Waals surface area contributed by atoms with Crippen molar-refractivity contribution in [3.8, 4) is 17.2 Å². The second kappa shape index (κ2) is 16.8. The van der Waals surface area contributed by atoms with Crippen molar-refractivity contribution in [3.05, 3.63) is 113 Å². The third kappa shape index (κ3) is 9.70. The molecule has 0 heterocycles. The first-order valence-corrected chi connectivity index (χ1v) is 18.0. The van der Waals surface area contributed by atoms with Crippen LogP contribution >= 0.6 is 11.6 Å². The zero-order valence-corrected chi connectivity index (χ0v) is 30.8. The van der Waals surface area contributed by atoms with Gasteiger partial charge in [-0.2, -0.15) is 0 Å². The molecule has 1 N–H and O–H groups in total. The van der Waals surface area contributed by atoms with Crippen molar-refractivity contribution >= 4 is 39.1 Å². The van der Waals surface area contributed by atoms with Crippen molar-refractivity contribution in [1.29, 1.82) is 0 Å². The van der Waals surface area contributed by atoms with E-state index in [9.17, 15) is 18.0 Å². The van der Waals surface area contributed by atoms with Crippen LogP contribution in [-0.2, 0) is 32.6 Å². The number of carbonyl (C=O) groups is 2. The van der Waals surface area contributed by atoms with Crippen LogP contribution in [0.2, 0.25) is 5.02 Å². The summed E-state index contributed by atoms with van der Waals surface area (Å²) in [5.74, 6) is 0.0708. The summed E-state index contributed by atoms with van der Waals surface area (Å²) in [6.07, 6.45) is 0.171. The van der Waals surface area contributed by atoms with E-state index in [0.29, 0.717) is 28.7 Å².